The summed E-state index contributed by atoms with van der Waals surface area (Å²) in [4.78, 5) is 22.1. The van der Waals surface area contributed by atoms with Crippen molar-refractivity contribution in [2.45, 2.75) is 13.0 Å². The second kappa shape index (κ2) is 6.33. The molecule has 1 atom stereocenters. The fraction of sp³-hybridized carbons (Fsp3) is 0.583. The molecule has 2 rings (SSSR count). The quantitative estimate of drug-likeness (QED) is 0.835. The first kappa shape index (κ1) is 13.5. The van der Waals surface area contributed by atoms with Crippen LogP contribution in [0, 0.1) is 0 Å². The van der Waals surface area contributed by atoms with E-state index in [9.17, 15) is 4.79 Å². The van der Waals surface area contributed by atoms with E-state index >= 15 is 0 Å². The van der Waals surface area contributed by atoms with Crippen molar-refractivity contribution in [2.24, 2.45) is 0 Å². The lowest BCUT2D eigenvalue weighted by Crippen LogP contribution is -2.47. The fourth-order valence-electron chi connectivity index (χ4n) is 1.84. The zero-order valence-corrected chi connectivity index (χ0v) is 11.1. The number of aromatic nitrogens is 2. The molecule has 1 aromatic heterocycles. The Labute approximate surface area is 111 Å². The van der Waals surface area contributed by atoms with Crippen LogP contribution in [0.3, 0.4) is 0 Å². The number of ether oxygens (including phenoxy) is 2. The van der Waals surface area contributed by atoms with E-state index in [0.717, 1.165) is 0 Å². The van der Waals surface area contributed by atoms with Crippen LogP contribution in [0.1, 0.15) is 6.92 Å². The second-order valence-corrected chi connectivity index (χ2v) is 4.23. The van der Waals surface area contributed by atoms with Crippen molar-refractivity contribution in [3.05, 3.63) is 12.3 Å². The van der Waals surface area contributed by atoms with Gasteiger partial charge in [-0.05, 0) is 6.92 Å². The van der Waals surface area contributed by atoms with Crippen LogP contribution in [0.5, 0.6) is 5.88 Å². The molecule has 0 aromatic carbocycles. The molecule has 104 valence electrons. The molecule has 1 N–H and O–H groups in total. The lowest BCUT2D eigenvalue weighted by atomic mass is 10.2. The third-order valence-corrected chi connectivity index (χ3v) is 2.88. The highest BCUT2D eigenvalue weighted by atomic mass is 16.5. The van der Waals surface area contributed by atoms with Crippen LogP contribution in [0.2, 0.25) is 0 Å². The summed E-state index contributed by atoms with van der Waals surface area (Å²) >= 11 is 0. The highest BCUT2D eigenvalue weighted by Crippen LogP contribution is 2.09. The van der Waals surface area contributed by atoms with Gasteiger partial charge in [-0.2, -0.15) is 4.98 Å². The summed E-state index contributed by atoms with van der Waals surface area (Å²) < 4.78 is 10.2. The number of anilines is 1. The highest BCUT2D eigenvalue weighted by Gasteiger charge is 2.22. The number of amides is 1. The SMILES string of the molecule is COc1ccnc(NC(C)C(=O)N2CCOCC2)n1. The summed E-state index contributed by atoms with van der Waals surface area (Å²) in [6, 6.07) is 1.27. The third-order valence-electron chi connectivity index (χ3n) is 2.88. The standard InChI is InChI=1S/C12H18N4O3/c1-9(11(17)16-5-7-19-8-6-16)14-12-13-4-3-10(15-12)18-2/h3-4,9H,5-8H2,1-2H3,(H,13,14,15). The van der Waals surface area contributed by atoms with Gasteiger partial charge in [0.2, 0.25) is 17.7 Å². The van der Waals surface area contributed by atoms with E-state index in [1.54, 1.807) is 24.1 Å². The number of nitrogens with zero attached hydrogens (tertiary/aromatic N) is 3. The number of morpholine rings is 1. The monoisotopic (exact) mass is 266 g/mol. The van der Waals surface area contributed by atoms with E-state index in [4.69, 9.17) is 9.47 Å². The van der Waals surface area contributed by atoms with E-state index in [2.05, 4.69) is 15.3 Å². The first-order chi connectivity index (χ1) is 9.20. The van der Waals surface area contributed by atoms with Crippen molar-refractivity contribution in [1.29, 1.82) is 0 Å². The molecule has 1 fully saturated rings. The van der Waals surface area contributed by atoms with Crippen LogP contribution in [-0.4, -0.2) is 60.2 Å². The summed E-state index contributed by atoms with van der Waals surface area (Å²) in [5.74, 6) is 0.867. The number of carbonyl (C=O) groups excluding carboxylic acids is 1. The Balaban J connectivity index is 1.95. The average Bonchev–Trinajstić information content (AvgIpc) is 2.47. The maximum atomic E-state index is 12.2. The van der Waals surface area contributed by atoms with Crippen molar-refractivity contribution in [3.63, 3.8) is 0 Å². The van der Waals surface area contributed by atoms with Gasteiger partial charge in [0, 0.05) is 25.4 Å². The minimum Gasteiger partial charge on any atom is -0.481 e. The van der Waals surface area contributed by atoms with Gasteiger partial charge in [0.1, 0.15) is 6.04 Å². The van der Waals surface area contributed by atoms with Gasteiger partial charge in [-0.15, -0.1) is 0 Å². The van der Waals surface area contributed by atoms with E-state index in [-0.39, 0.29) is 11.9 Å². The molecule has 0 saturated carbocycles. The number of nitrogens with one attached hydrogen (secondary N) is 1. The van der Waals surface area contributed by atoms with Crippen molar-refractivity contribution in [2.75, 3.05) is 38.7 Å². The minimum atomic E-state index is -0.384. The van der Waals surface area contributed by atoms with Crippen molar-refractivity contribution < 1.29 is 14.3 Å². The smallest absolute Gasteiger partial charge is 0.245 e. The van der Waals surface area contributed by atoms with Gasteiger partial charge in [0.25, 0.3) is 0 Å². The molecule has 19 heavy (non-hydrogen) atoms. The van der Waals surface area contributed by atoms with Crippen molar-refractivity contribution in [3.8, 4) is 5.88 Å². The zero-order valence-electron chi connectivity index (χ0n) is 11.1. The molecule has 1 unspecified atom stereocenters. The van der Waals surface area contributed by atoms with Gasteiger partial charge >= 0.3 is 0 Å². The normalized spacial score (nSPS) is 16.8. The molecule has 7 heteroatoms. The summed E-state index contributed by atoms with van der Waals surface area (Å²) in [6.45, 7) is 4.23. The molecule has 1 saturated heterocycles. The molecule has 1 aliphatic heterocycles. The molecule has 1 aliphatic rings. The predicted molar refractivity (Wildman–Crippen MR) is 69.1 cm³/mol. The molecule has 0 spiro atoms. The summed E-state index contributed by atoms with van der Waals surface area (Å²) in [5, 5.41) is 2.98. The summed E-state index contributed by atoms with van der Waals surface area (Å²) in [6.07, 6.45) is 1.58. The number of hydrogen-bond acceptors (Lipinski definition) is 6. The predicted octanol–water partition coefficient (Wildman–Crippen LogP) is 0.144. The third kappa shape index (κ3) is 3.54. The Hall–Kier alpha value is -1.89. The second-order valence-electron chi connectivity index (χ2n) is 4.23. The van der Waals surface area contributed by atoms with Gasteiger partial charge in [-0.1, -0.05) is 0 Å². The van der Waals surface area contributed by atoms with E-state index in [0.29, 0.717) is 38.1 Å². The Morgan fingerprint density at radius 2 is 2.26 bits per heavy atom. The van der Waals surface area contributed by atoms with Crippen LogP contribution in [0.15, 0.2) is 12.3 Å². The zero-order chi connectivity index (χ0) is 13.7. The first-order valence-corrected chi connectivity index (χ1v) is 6.21. The van der Waals surface area contributed by atoms with Gasteiger partial charge < -0.3 is 19.7 Å². The average molecular weight is 266 g/mol. The molecule has 1 aromatic rings. The maximum absolute atomic E-state index is 12.2. The van der Waals surface area contributed by atoms with Crippen LogP contribution in [0.4, 0.5) is 5.95 Å². The van der Waals surface area contributed by atoms with Crippen molar-refractivity contribution in [1.82, 2.24) is 14.9 Å². The number of carbonyl (C=O) groups is 1. The van der Waals surface area contributed by atoms with E-state index in [1.807, 2.05) is 0 Å². The molecular weight excluding hydrogens is 248 g/mol. The fourth-order valence-corrected chi connectivity index (χ4v) is 1.84. The number of rotatable bonds is 4. The maximum Gasteiger partial charge on any atom is 0.245 e. The summed E-state index contributed by atoms with van der Waals surface area (Å²) in [5.41, 5.74) is 0. The topological polar surface area (TPSA) is 76.6 Å². The molecule has 2 heterocycles. The lowest BCUT2D eigenvalue weighted by molar-refractivity contribution is -0.135. The van der Waals surface area contributed by atoms with Gasteiger partial charge in [-0.3, -0.25) is 4.79 Å². The van der Waals surface area contributed by atoms with Crippen LogP contribution in [-0.2, 0) is 9.53 Å². The number of hydrogen-bond donors (Lipinski definition) is 1. The highest BCUT2D eigenvalue weighted by molar-refractivity contribution is 5.83. The number of methoxy groups -OCH3 is 1. The van der Waals surface area contributed by atoms with E-state index < -0.39 is 0 Å². The van der Waals surface area contributed by atoms with Gasteiger partial charge in [-0.25, -0.2) is 4.98 Å². The van der Waals surface area contributed by atoms with Crippen LogP contribution >= 0.6 is 0 Å². The Kier molecular flexibility index (Phi) is 4.51. The molecule has 0 aliphatic carbocycles. The molecule has 0 bridgehead atoms. The summed E-state index contributed by atoms with van der Waals surface area (Å²) in [7, 11) is 1.54. The molecular formula is C12H18N4O3. The molecule has 1 amide bonds. The lowest BCUT2D eigenvalue weighted by Gasteiger charge is -2.29. The minimum absolute atomic E-state index is 0.0229. The largest absolute Gasteiger partial charge is 0.481 e. The van der Waals surface area contributed by atoms with Crippen LogP contribution in [0.25, 0.3) is 0 Å². The molecule has 7 nitrogen and oxygen atoms in total. The first-order valence-electron chi connectivity index (χ1n) is 6.21. The van der Waals surface area contributed by atoms with Gasteiger partial charge in [0.15, 0.2) is 0 Å². The van der Waals surface area contributed by atoms with Crippen molar-refractivity contribution >= 4 is 11.9 Å². The molecule has 0 radical (unpaired) electrons. The van der Waals surface area contributed by atoms with Crippen LogP contribution < -0.4 is 10.1 Å². The van der Waals surface area contributed by atoms with E-state index in [1.165, 1.54) is 7.11 Å². The Morgan fingerprint density at radius 1 is 1.53 bits per heavy atom. The Morgan fingerprint density at radius 3 is 2.95 bits per heavy atom. The Bertz CT molecular complexity index is 435. The van der Waals surface area contributed by atoms with Gasteiger partial charge in [0.05, 0.1) is 20.3 Å².